The summed E-state index contributed by atoms with van der Waals surface area (Å²) in [4.78, 5) is 15.4. The first kappa shape index (κ1) is 35.5. The zero-order valence-electron chi connectivity index (χ0n) is 33.5. The topological polar surface area (TPSA) is 60.9 Å². The first-order valence-electron chi connectivity index (χ1n) is 20.8. The van der Waals surface area contributed by atoms with Crippen LogP contribution in [0.15, 0.2) is 218 Å². The second-order valence-electron chi connectivity index (χ2n) is 15.5. The quantitative estimate of drug-likeness (QED) is 0.161. The molecule has 0 unspecified atom stereocenters. The van der Waals surface area contributed by atoms with Gasteiger partial charge in [-0.1, -0.05) is 170 Å². The molecule has 8 aromatic carbocycles. The summed E-state index contributed by atoms with van der Waals surface area (Å²) in [6, 6.07) is 76.2. The Balaban J connectivity index is 1.05. The van der Waals surface area contributed by atoms with Crippen LogP contribution >= 0.6 is 0 Å². The van der Waals surface area contributed by atoms with Crippen molar-refractivity contribution in [2.45, 2.75) is 0 Å². The van der Waals surface area contributed by atoms with E-state index in [0.29, 0.717) is 17.5 Å². The van der Waals surface area contributed by atoms with E-state index in [1.54, 1.807) is 0 Å². The van der Waals surface area contributed by atoms with Crippen LogP contribution in [0.1, 0.15) is 0 Å². The molecule has 12 rings (SSSR count). The molecule has 0 fully saturated rings. The fourth-order valence-corrected chi connectivity index (χ4v) is 8.89. The Labute approximate surface area is 357 Å². The van der Waals surface area contributed by atoms with Gasteiger partial charge < -0.3 is 4.57 Å². The lowest BCUT2D eigenvalue weighted by Gasteiger charge is -2.13. The highest BCUT2D eigenvalue weighted by Crippen LogP contribution is 2.42. The van der Waals surface area contributed by atoms with Crippen molar-refractivity contribution >= 4 is 38.1 Å². The fraction of sp³-hybridized carbons (Fsp3) is 0. The molecule has 0 atom stereocenters. The minimum absolute atomic E-state index is 0.602. The maximum atomic E-state index is 5.39. The van der Waals surface area contributed by atoms with Crippen molar-refractivity contribution in [2.75, 3.05) is 0 Å². The summed E-state index contributed by atoms with van der Waals surface area (Å²) in [5.74, 6) is 1.83. The molecule has 4 heterocycles. The Kier molecular flexibility index (Phi) is 8.38. The smallest absolute Gasteiger partial charge is 0.164 e. The Bertz CT molecular complexity index is 3540. The van der Waals surface area contributed by atoms with E-state index >= 15 is 0 Å². The van der Waals surface area contributed by atoms with Gasteiger partial charge in [-0.2, -0.15) is 5.10 Å². The summed E-state index contributed by atoms with van der Waals surface area (Å²) in [5, 5.41) is 10.00. The minimum atomic E-state index is 0.602. The van der Waals surface area contributed by atoms with Crippen molar-refractivity contribution in [3.63, 3.8) is 0 Å². The van der Waals surface area contributed by atoms with Gasteiger partial charge in [0.2, 0.25) is 0 Å². The summed E-state index contributed by atoms with van der Waals surface area (Å²) in [6.45, 7) is 0. The van der Waals surface area contributed by atoms with Gasteiger partial charge in [0.05, 0.1) is 22.2 Å². The average molecular weight is 793 g/mol. The van der Waals surface area contributed by atoms with Crippen molar-refractivity contribution in [3.05, 3.63) is 218 Å². The lowest BCUT2D eigenvalue weighted by Crippen LogP contribution is -2.01. The standard InChI is InChI=1S/C56H36N6/c1-5-17-37(18-6-1)50-36-43-35-42(31-34-45(43)53-51(38-19-7-2-8-20-38)52(60-62(50)53)39-21-9-3-10-22-39)56-58-54(40-23-11-4-12-24-40)57-55(59-56)41-29-32-44(33-30-41)61-48-27-15-13-25-46(48)47-26-14-16-28-49(47)61/h1-36H. The van der Waals surface area contributed by atoms with E-state index in [4.69, 9.17) is 20.1 Å². The van der Waals surface area contributed by atoms with Gasteiger partial charge in [0.1, 0.15) is 5.69 Å². The van der Waals surface area contributed by atoms with Gasteiger partial charge in [-0.15, -0.1) is 0 Å². The van der Waals surface area contributed by atoms with Gasteiger partial charge in [-0.3, -0.25) is 0 Å². The molecule has 0 saturated heterocycles. The molecule has 0 N–H and O–H groups in total. The van der Waals surface area contributed by atoms with Crippen LogP contribution in [0.4, 0.5) is 0 Å². The van der Waals surface area contributed by atoms with Crippen LogP contribution in [0.3, 0.4) is 0 Å². The number of hydrogen-bond donors (Lipinski definition) is 0. The highest BCUT2D eigenvalue weighted by molar-refractivity contribution is 6.10. The third kappa shape index (κ3) is 5.96. The number of aromatic nitrogens is 6. The maximum Gasteiger partial charge on any atom is 0.164 e. The largest absolute Gasteiger partial charge is 0.309 e. The zero-order chi connectivity index (χ0) is 41.0. The number of hydrogen-bond acceptors (Lipinski definition) is 4. The summed E-state index contributed by atoms with van der Waals surface area (Å²) < 4.78 is 4.45. The van der Waals surface area contributed by atoms with E-state index in [2.05, 4.69) is 191 Å². The van der Waals surface area contributed by atoms with Gasteiger partial charge in [0, 0.05) is 55.2 Å². The third-order valence-corrected chi connectivity index (χ3v) is 11.8. The number of fused-ring (bicyclic) bond motifs is 6. The minimum Gasteiger partial charge on any atom is -0.309 e. The number of nitrogens with zero attached hydrogens (tertiary/aromatic N) is 6. The summed E-state index contributed by atoms with van der Waals surface area (Å²) >= 11 is 0. The van der Waals surface area contributed by atoms with Gasteiger partial charge in [-0.25, -0.2) is 19.5 Å². The molecule has 290 valence electrons. The summed E-state index contributed by atoms with van der Waals surface area (Å²) in [6.07, 6.45) is 0. The molecule has 12 aromatic rings. The lowest BCUT2D eigenvalue weighted by atomic mass is 9.96. The molecule has 0 radical (unpaired) electrons. The van der Waals surface area contributed by atoms with Crippen LogP contribution in [0.2, 0.25) is 0 Å². The highest BCUT2D eigenvalue weighted by Gasteiger charge is 2.22. The molecule has 0 spiro atoms. The van der Waals surface area contributed by atoms with E-state index in [1.165, 1.54) is 21.8 Å². The van der Waals surface area contributed by atoms with Gasteiger partial charge >= 0.3 is 0 Å². The first-order chi connectivity index (χ1) is 30.7. The average Bonchev–Trinajstić information content (AvgIpc) is 3.92. The van der Waals surface area contributed by atoms with Crippen LogP contribution in [-0.4, -0.2) is 29.1 Å². The Morgan fingerprint density at radius 3 is 1.40 bits per heavy atom. The van der Waals surface area contributed by atoms with E-state index in [1.807, 2.05) is 36.4 Å². The van der Waals surface area contributed by atoms with E-state index < -0.39 is 0 Å². The number of rotatable bonds is 7. The van der Waals surface area contributed by atoms with Crippen LogP contribution in [0.25, 0.3) is 112 Å². The van der Waals surface area contributed by atoms with E-state index in [-0.39, 0.29) is 0 Å². The second kappa shape index (κ2) is 14.7. The van der Waals surface area contributed by atoms with Gasteiger partial charge in [0.15, 0.2) is 17.5 Å². The molecule has 4 aromatic heterocycles. The van der Waals surface area contributed by atoms with Gasteiger partial charge in [-0.05, 0) is 59.5 Å². The molecular weight excluding hydrogens is 757 g/mol. The fourth-order valence-electron chi connectivity index (χ4n) is 8.89. The molecule has 0 bridgehead atoms. The molecule has 0 saturated carbocycles. The van der Waals surface area contributed by atoms with E-state index in [9.17, 15) is 0 Å². The van der Waals surface area contributed by atoms with E-state index in [0.717, 1.165) is 72.3 Å². The number of para-hydroxylation sites is 2. The van der Waals surface area contributed by atoms with Crippen molar-refractivity contribution in [2.24, 2.45) is 0 Å². The SMILES string of the molecule is c1ccc(-c2nc(-c3ccc(-n4c5ccccc5c5ccccc54)cc3)nc(-c3ccc4c(c3)cc(-c3ccccc3)n3nc(-c5ccccc5)c(-c5ccccc5)c43)n2)cc1. The third-order valence-electron chi connectivity index (χ3n) is 11.8. The van der Waals surface area contributed by atoms with Crippen molar-refractivity contribution in [1.29, 1.82) is 0 Å². The van der Waals surface area contributed by atoms with Crippen LogP contribution in [0, 0.1) is 0 Å². The normalized spacial score (nSPS) is 11.5. The van der Waals surface area contributed by atoms with Crippen LogP contribution in [0.5, 0.6) is 0 Å². The van der Waals surface area contributed by atoms with Crippen LogP contribution < -0.4 is 0 Å². The predicted molar refractivity (Wildman–Crippen MR) is 253 cm³/mol. The number of benzene rings is 8. The van der Waals surface area contributed by atoms with Crippen molar-refractivity contribution < 1.29 is 0 Å². The Morgan fingerprint density at radius 2 is 0.806 bits per heavy atom. The maximum absolute atomic E-state index is 5.39. The second-order valence-corrected chi connectivity index (χ2v) is 15.5. The van der Waals surface area contributed by atoms with Crippen molar-refractivity contribution in [3.8, 4) is 73.5 Å². The molecule has 6 nitrogen and oxygen atoms in total. The Morgan fingerprint density at radius 1 is 0.339 bits per heavy atom. The monoisotopic (exact) mass is 792 g/mol. The summed E-state index contributed by atoms with van der Waals surface area (Å²) in [5.41, 5.74) is 13.4. The molecule has 0 aliphatic heterocycles. The first-order valence-corrected chi connectivity index (χ1v) is 20.8. The molecule has 0 amide bonds. The van der Waals surface area contributed by atoms with Crippen LogP contribution in [-0.2, 0) is 0 Å². The molecule has 0 aliphatic rings. The molecular formula is C56H36N6. The predicted octanol–water partition coefficient (Wildman–Crippen LogP) is 13.8. The molecule has 6 heteroatoms. The zero-order valence-corrected chi connectivity index (χ0v) is 33.5. The number of pyridine rings is 1. The van der Waals surface area contributed by atoms with Gasteiger partial charge in [0.25, 0.3) is 0 Å². The highest BCUT2D eigenvalue weighted by atomic mass is 15.2. The van der Waals surface area contributed by atoms with Crippen molar-refractivity contribution in [1.82, 2.24) is 29.1 Å². The molecule has 62 heavy (non-hydrogen) atoms. The summed E-state index contributed by atoms with van der Waals surface area (Å²) in [7, 11) is 0. The lowest BCUT2D eigenvalue weighted by molar-refractivity contribution is 0.979. The molecule has 0 aliphatic carbocycles. The Hall–Kier alpha value is -8.48.